The van der Waals surface area contributed by atoms with Crippen molar-refractivity contribution >= 4 is 51.6 Å². The van der Waals surface area contributed by atoms with Gasteiger partial charge < -0.3 is 10.0 Å². The van der Waals surface area contributed by atoms with E-state index in [-0.39, 0.29) is 5.75 Å². The third kappa shape index (κ3) is 2.76. The van der Waals surface area contributed by atoms with Crippen molar-refractivity contribution in [2.45, 2.75) is 26.3 Å². The lowest BCUT2D eigenvalue weighted by atomic mass is 10.0. The van der Waals surface area contributed by atoms with E-state index in [0.29, 0.717) is 15.8 Å². The van der Waals surface area contributed by atoms with Gasteiger partial charge in [-0.3, -0.25) is 4.90 Å². The zero-order valence-electron chi connectivity index (χ0n) is 14.1. The first kappa shape index (κ1) is 17.3. The average Bonchev–Trinajstić information content (AvgIpc) is 2.74. The van der Waals surface area contributed by atoms with Crippen molar-refractivity contribution in [3.8, 4) is 5.75 Å². The van der Waals surface area contributed by atoms with Gasteiger partial charge in [0.2, 0.25) is 0 Å². The molecular formula is C19H17N3OS2. The second kappa shape index (κ2) is 6.10. The van der Waals surface area contributed by atoms with Crippen LogP contribution in [0.1, 0.15) is 19.4 Å². The molecule has 0 unspecified atom stereocenters. The normalized spacial score (nSPS) is 16.2. The molecule has 4 nitrogen and oxygen atoms in total. The molecule has 126 valence electrons. The number of hydrogen-bond donors (Lipinski definition) is 1. The number of aromatic hydroxyl groups is 1. The van der Waals surface area contributed by atoms with Gasteiger partial charge in [-0.15, -0.1) is 0 Å². The molecule has 0 bridgehead atoms. The SMILES string of the molecule is [C-]#[N+]c1ccc(N2C(=S)N(c3ccc(O)cc3)C(C)(C)C2=S)cc1C. The van der Waals surface area contributed by atoms with Crippen molar-refractivity contribution in [1.29, 1.82) is 0 Å². The summed E-state index contributed by atoms with van der Waals surface area (Å²) in [7, 11) is 0. The maximum absolute atomic E-state index is 9.55. The molecule has 0 atom stereocenters. The number of phenolic OH excluding ortho intramolecular Hbond substituents is 1. The summed E-state index contributed by atoms with van der Waals surface area (Å²) >= 11 is 11.5. The molecule has 1 aliphatic heterocycles. The van der Waals surface area contributed by atoms with Crippen molar-refractivity contribution in [1.82, 2.24) is 0 Å². The Kier molecular flexibility index (Phi) is 4.23. The van der Waals surface area contributed by atoms with Gasteiger partial charge in [0.1, 0.15) is 10.7 Å². The summed E-state index contributed by atoms with van der Waals surface area (Å²) in [5.41, 5.74) is 2.74. The van der Waals surface area contributed by atoms with Gasteiger partial charge in [-0.1, -0.05) is 18.3 Å². The predicted molar refractivity (Wildman–Crippen MR) is 110 cm³/mol. The standard InChI is InChI=1S/C19H17N3OS2/c1-12-11-14(7-10-16(12)20-4)21-17(24)19(2,3)22(18(21)25)13-5-8-15(23)9-6-13/h5-11,23H,1-3H3. The van der Waals surface area contributed by atoms with E-state index in [1.165, 1.54) is 0 Å². The monoisotopic (exact) mass is 367 g/mol. The minimum Gasteiger partial charge on any atom is -0.508 e. The van der Waals surface area contributed by atoms with Crippen LogP contribution in [-0.4, -0.2) is 20.7 Å². The second-order valence-corrected chi connectivity index (χ2v) is 7.17. The Balaban J connectivity index is 2.07. The molecule has 0 radical (unpaired) electrons. The molecule has 0 aromatic heterocycles. The van der Waals surface area contributed by atoms with E-state index in [1.54, 1.807) is 18.2 Å². The van der Waals surface area contributed by atoms with Crippen molar-refractivity contribution in [2.75, 3.05) is 9.80 Å². The minimum absolute atomic E-state index is 0.205. The zero-order chi connectivity index (χ0) is 18.4. The van der Waals surface area contributed by atoms with Gasteiger partial charge in [0.25, 0.3) is 0 Å². The minimum atomic E-state index is -0.490. The molecule has 0 aliphatic carbocycles. The fraction of sp³-hybridized carbons (Fsp3) is 0.211. The first-order valence-corrected chi connectivity index (χ1v) is 8.55. The number of nitrogens with zero attached hydrogens (tertiary/aromatic N) is 3. The van der Waals surface area contributed by atoms with E-state index < -0.39 is 5.54 Å². The van der Waals surface area contributed by atoms with Crippen LogP contribution in [-0.2, 0) is 0 Å². The Bertz CT molecular complexity index is 913. The Morgan fingerprint density at radius 1 is 1.04 bits per heavy atom. The first-order chi connectivity index (χ1) is 11.8. The van der Waals surface area contributed by atoms with Crippen LogP contribution >= 0.6 is 24.4 Å². The number of benzene rings is 2. The van der Waals surface area contributed by atoms with Crippen LogP contribution in [0.3, 0.4) is 0 Å². The van der Waals surface area contributed by atoms with Crippen molar-refractivity contribution in [3.05, 3.63) is 59.4 Å². The molecule has 3 rings (SSSR count). The third-order valence-electron chi connectivity index (χ3n) is 4.33. The van der Waals surface area contributed by atoms with Crippen LogP contribution in [0, 0.1) is 13.5 Å². The number of rotatable bonds is 2. The summed E-state index contributed by atoms with van der Waals surface area (Å²) in [6.45, 7) is 13.1. The third-order valence-corrected chi connectivity index (χ3v) is 5.38. The Morgan fingerprint density at radius 3 is 2.20 bits per heavy atom. The van der Waals surface area contributed by atoms with Gasteiger partial charge in [-0.2, -0.15) is 0 Å². The van der Waals surface area contributed by atoms with Gasteiger partial charge in [0.15, 0.2) is 10.8 Å². The van der Waals surface area contributed by atoms with Gasteiger partial charge >= 0.3 is 0 Å². The van der Waals surface area contributed by atoms with E-state index in [1.807, 2.05) is 54.8 Å². The summed E-state index contributed by atoms with van der Waals surface area (Å²) in [6, 6.07) is 12.5. The first-order valence-electron chi connectivity index (χ1n) is 7.73. The molecular weight excluding hydrogens is 350 g/mol. The molecule has 1 fully saturated rings. The number of hydrogen-bond acceptors (Lipinski definition) is 3. The van der Waals surface area contributed by atoms with Gasteiger partial charge in [0, 0.05) is 11.4 Å². The maximum atomic E-state index is 9.55. The van der Waals surface area contributed by atoms with Crippen LogP contribution in [0.25, 0.3) is 4.85 Å². The molecule has 1 saturated heterocycles. The Morgan fingerprint density at radius 2 is 1.64 bits per heavy atom. The van der Waals surface area contributed by atoms with Crippen LogP contribution in [0.4, 0.5) is 17.1 Å². The van der Waals surface area contributed by atoms with Gasteiger partial charge in [0.05, 0.1) is 12.1 Å². The zero-order valence-corrected chi connectivity index (χ0v) is 15.8. The van der Waals surface area contributed by atoms with Crippen LogP contribution in [0.15, 0.2) is 42.5 Å². The fourth-order valence-electron chi connectivity index (χ4n) is 2.96. The molecule has 25 heavy (non-hydrogen) atoms. The number of phenols is 1. The van der Waals surface area contributed by atoms with E-state index in [2.05, 4.69) is 4.85 Å². The summed E-state index contributed by atoms with van der Waals surface area (Å²) in [5, 5.41) is 10.1. The highest BCUT2D eigenvalue weighted by molar-refractivity contribution is 7.83. The van der Waals surface area contributed by atoms with Crippen molar-refractivity contribution in [2.24, 2.45) is 0 Å². The molecule has 2 aromatic carbocycles. The highest BCUT2D eigenvalue weighted by Gasteiger charge is 2.47. The summed E-state index contributed by atoms with van der Waals surface area (Å²) in [6.07, 6.45) is 0. The maximum Gasteiger partial charge on any atom is 0.190 e. The Labute approximate surface area is 158 Å². The molecule has 1 heterocycles. The summed E-state index contributed by atoms with van der Waals surface area (Å²) in [5.74, 6) is 0.205. The lowest BCUT2D eigenvalue weighted by Gasteiger charge is -2.30. The lowest BCUT2D eigenvalue weighted by Crippen LogP contribution is -2.43. The molecule has 1 N–H and O–H groups in total. The molecule has 6 heteroatoms. The van der Waals surface area contributed by atoms with E-state index in [0.717, 1.165) is 16.9 Å². The largest absolute Gasteiger partial charge is 0.508 e. The molecule has 2 aromatic rings. The molecule has 0 spiro atoms. The second-order valence-electron chi connectivity index (χ2n) is 6.42. The summed E-state index contributed by atoms with van der Waals surface area (Å²) < 4.78 is 0. The Hall–Kier alpha value is -2.49. The lowest BCUT2D eigenvalue weighted by molar-refractivity contribution is 0.475. The van der Waals surface area contributed by atoms with Crippen molar-refractivity contribution < 1.29 is 5.11 Å². The van der Waals surface area contributed by atoms with Gasteiger partial charge in [-0.05, 0) is 75.0 Å². The topological polar surface area (TPSA) is 31.1 Å². The van der Waals surface area contributed by atoms with Crippen LogP contribution < -0.4 is 9.80 Å². The molecule has 0 saturated carbocycles. The molecule has 1 aliphatic rings. The summed E-state index contributed by atoms with van der Waals surface area (Å²) in [4.78, 5) is 8.06. The van der Waals surface area contributed by atoms with E-state index >= 15 is 0 Å². The predicted octanol–water partition coefficient (Wildman–Crippen LogP) is 4.97. The highest BCUT2D eigenvalue weighted by atomic mass is 32.1. The van der Waals surface area contributed by atoms with Crippen LogP contribution in [0.2, 0.25) is 0 Å². The molecule has 0 amide bonds. The van der Waals surface area contributed by atoms with Gasteiger partial charge in [-0.25, -0.2) is 4.85 Å². The highest BCUT2D eigenvalue weighted by Crippen LogP contribution is 2.38. The number of aryl methyl sites for hydroxylation is 1. The van der Waals surface area contributed by atoms with Crippen LogP contribution in [0.5, 0.6) is 5.75 Å². The fourth-order valence-corrected chi connectivity index (χ4v) is 3.83. The number of anilines is 2. The smallest absolute Gasteiger partial charge is 0.190 e. The quantitative estimate of drug-likeness (QED) is 0.598. The number of thiocarbonyl (C=S) groups is 2. The van der Waals surface area contributed by atoms with E-state index in [9.17, 15) is 5.11 Å². The van der Waals surface area contributed by atoms with Crippen molar-refractivity contribution in [3.63, 3.8) is 0 Å². The van der Waals surface area contributed by atoms with E-state index in [4.69, 9.17) is 31.0 Å². The average molecular weight is 367 g/mol.